The van der Waals surface area contributed by atoms with Crippen molar-refractivity contribution >= 4 is 10.0 Å². The maximum atomic E-state index is 13.7. The summed E-state index contributed by atoms with van der Waals surface area (Å²) in [6, 6.07) is 12.8. The van der Waals surface area contributed by atoms with Gasteiger partial charge in [-0.15, -0.1) is 0 Å². The van der Waals surface area contributed by atoms with Crippen LogP contribution in [0.25, 0.3) is 11.4 Å². The number of nitrogens with zero attached hydrogens (tertiary/aromatic N) is 2. The summed E-state index contributed by atoms with van der Waals surface area (Å²) in [6.45, 7) is 1.82. The lowest BCUT2D eigenvalue weighted by atomic mass is 10.2. The summed E-state index contributed by atoms with van der Waals surface area (Å²) in [5.74, 6) is -0.0873. The molecule has 1 N–H and O–H groups in total. The van der Waals surface area contributed by atoms with Crippen LogP contribution in [0.2, 0.25) is 0 Å². The van der Waals surface area contributed by atoms with E-state index in [2.05, 4.69) is 14.9 Å². The number of aryl methyl sites for hydroxylation is 1. The average Bonchev–Trinajstić information content (AvgIpc) is 3.04. The molecule has 3 aromatic rings. The highest BCUT2D eigenvalue weighted by molar-refractivity contribution is 7.89. The number of nitrogens with one attached hydrogen (secondary N) is 1. The van der Waals surface area contributed by atoms with Crippen molar-refractivity contribution in [3.63, 3.8) is 0 Å². The van der Waals surface area contributed by atoms with Crippen LogP contribution < -0.4 is 4.72 Å². The predicted octanol–water partition coefficient (Wildman–Crippen LogP) is 2.71. The van der Waals surface area contributed by atoms with Gasteiger partial charge in [-0.05, 0) is 30.7 Å². The Morgan fingerprint density at radius 3 is 2.60 bits per heavy atom. The Morgan fingerprint density at radius 1 is 1.12 bits per heavy atom. The molecule has 0 spiro atoms. The number of halogens is 1. The SMILES string of the molecule is Cc1ccccc1S(=O)(=O)NCCc1nc(-c2ccccc2F)no1. The molecule has 0 saturated carbocycles. The molecule has 0 atom stereocenters. The molecule has 1 heterocycles. The summed E-state index contributed by atoms with van der Waals surface area (Å²) in [5, 5.41) is 3.73. The Labute approximate surface area is 144 Å². The molecule has 0 fully saturated rings. The van der Waals surface area contributed by atoms with Crippen molar-refractivity contribution < 1.29 is 17.3 Å². The molecule has 0 amide bonds. The van der Waals surface area contributed by atoms with Crippen molar-refractivity contribution in [1.29, 1.82) is 0 Å². The molecule has 6 nitrogen and oxygen atoms in total. The van der Waals surface area contributed by atoms with E-state index in [-0.39, 0.29) is 35.1 Å². The van der Waals surface area contributed by atoms with E-state index in [1.807, 2.05) is 0 Å². The van der Waals surface area contributed by atoms with E-state index in [9.17, 15) is 12.8 Å². The normalized spacial score (nSPS) is 11.6. The second-order valence-corrected chi connectivity index (χ2v) is 7.14. The van der Waals surface area contributed by atoms with Gasteiger partial charge in [0.15, 0.2) is 0 Å². The van der Waals surface area contributed by atoms with Crippen molar-refractivity contribution in [2.24, 2.45) is 0 Å². The molecule has 25 heavy (non-hydrogen) atoms. The zero-order valence-corrected chi connectivity index (χ0v) is 14.3. The number of sulfonamides is 1. The van der Waals surface area contributed by atoms with Crippen LogP contribution in [-0.4, -0.2) is 25.1 Å². The summed E-state index contributed by atoms with van der Waals surface area (Å²) >= 11 is 0. The van der Waals surface area contributed by atoms with E-state index >= 15 is 0 Å². The van der Waals surface area contributed by atoms with Crippen LogP contribution >= 0.6 is 0 Å². The Bertz CT molecular complexity index is 986. The highest BCUT2D eigenvalue weighted by Gasteiger charge is 2.17. The minimum absolute atomic E-state index is 0.0928. The van der Waals surface area contributed by atoms with Crippen LogP contribution in [0.3, 0.4) is 0 Å². The van der Waals surface area contributed by atoms with Gasteiger partial charge in [0.2, 0.25) is 21.7 Å². The van der Waals surface area contributed by atoms with Gasteiger partial charge in [0, 0.05) is 13.0 Å². The van der Waals surface area contributed by atoms with Crippen molar-refractivity contribution in [3.05, 3.63) is 65.8 Å². The van der Waals surface area contributed by atoms with Crippen LogP contribution in [0.5, 0.6) is 0 Å². The first kappa shape index (κ1) is 17.2. The molecular weight excluding hydrogens is 345 g/mol. The maximum absolute atomic E-state index is 13.7. The number of aromatic nitrogens is 2. The monoisotopic (exact) mass is 361 g/mol. The average molecular weight is 361 g/mol. The Kier molecular flexibility index (Phi) is 4.91. The fourth-order valence-corrected chi connectivity index (χ4v) is 3.61. The van der Waals surface area contributed by atoms with Gasteiger partial charge in [-0.1, -0.05) is 35.5 Å². The summed E-state index contributed by atoms with van der Waals surface area (Å²) < 4.78 is 45.8. The highest BCUT2D eigenvalue weighted by Crippen LogP contribution is 2.19. The molecule has 0 saturated heterocycles. The smallest absolute Gasteiger partial charge is 0.240 e. The summed E-state index contributed by atoms with van der Waals surface area (Å²) in [5.41, 5.74) is 0.896. The van der Waals surface area contributed by atoms with Crippen LogP contribution in [-0.2, 0) is 16.4 Å². The number of benzene rings is 2. The van der Waals surface area contributed by atoms with Gasteiger partial charge in [0.25, 0.3) is 0 Å². The van der Waals surface area contributed by atoms with Crippen molar-refractivity contribution in [1.82, 2.24) is 14.9 Å². The maximum Gasteiger partial charge on any atom is 0.240 e. The second-order valence-electron chi connectivity index (χ2n) is 5.40. The van der Waals surface area contributed by atoms with Crippen LogP contribution in [0, 0.1) is 12.7 Å². The minimum atomic E-state index is -3.61. The first-order valence-electron chi connectivity index (χ1n) is 7.60. The molecule has 2 aromatic carbocycles. The molecular formula is C17H16FN3O3S. The Hall–Kier alpha value is -2.58. The van der Waals surface area contributed by atoms with Crippen molar-refractivity contribution in [2.75, 3.05) is 6.54 Å². The van der Waals surface area contributed by atoms with Gasteiger partial charge in [0.1, 0.15) is 5.82 Å². The Balaban J connectivity index is 1.65. The standard InChI is InChI=1S/C17H16FN3O3S/c1-12-6-2-5-9-15(12)25(22,23)19-11-10-16-20-17(21-24-16)13-7-3-4-8-14(13)18/h2-9,19H,10-11H2,1H3. The molecule has 0 unspecified atom stereocenters. The first-order valence-corrected chi connectivity index (χ1v) is 9.08. The fraction of sp³-hybridized carbons (Fsp3) is 0.176. The quantitative estimate of drug-likeness (QED) is 0.730. The van der Waals surface area contributed by atoms with Gasteiger partial charge >= 0.3 is 0 Å². The third-order valence-electron chi connectivity index (χ3n) is 3.60. The number of rotatable bonds is 6. The highest BCUT2D eigenvalue weighted by atomic mass is 32.2. The van der Waals surface area contributed by atoms with Crippen molar-refractivity contribution in [2.45, 2.75) is 18.2 Å². The van der Waals surface area contributed by atoms with E-state index in [0.717, 1.165) is 0 Å². The molecule has 0 aliphatic rings. The van der Waals surface area contributed by atoms with Crippen molar-refractivity contribution in [3.8, 4) is 11.4 Å². The minimum Gasteiger partial charge on any atom is -0.339 e. The van der Waals surface area contributed by atoms with E-state index in [0.29, 0.717) is 5.56 Å². The summed E-state index contributed by atoms with van der Waals surface area (Å²) in [6.07, 6.45) is 0.201. The third kappa shape index (κ3) is 3.92. The zero-order chi connectivity index (χ0) is 17.9. The van der Waals surface area contributed by atoms with E-state index in [4.69, 9.17) is 4.52 Å². The van der Waals surface area contributed by atoms with Gasteiger partial charge in [-0.3, -0.25) is 0 Å². The molecule has 1 aromatic heterocycles. The second kappa shape index (κ2) is 7.12. The van der Waals surface area contributed by atoms with E-state index < -0.39 is 15.8 Å². The Morgan fingerprint density at radius 2 is 1.84 bits per heavy atom. The summed E-state index contributed by atoms with van der Waals surface area (Å²) in [7, 11) is -3.61. The molecule has 8 heteroatoms. The molecule has 0 bridgehead atoms. The lowest BCUT2D eigenvalue weighted by Gasteiger charge is -2.07. The lowest BCUT2D eigenvalue weighted by molar-refractivity contribution is 0.378. The van der Waals surface area contributed by atoms with E-state index in [1.54, 1.807) is 49.4 Å². The molecule has 0 aliphatic carbocycles. The van der Waals surface area contributed by atoms with Crippen LogP contribution in [0.15, 0.2) is 57.9 Å². The molecule has 130 valence electrons. The first-order chi connectivity index (χ1) is 12.0. The lowest BCUT2D eigenvalue weighted by Crippen LogP contribution is -2.26. The third-order valence-corrected chi connectivity index (χ3v) is 5.22. The summed E-state index contributed by atoms with van der Waals surface area (Å²) in [4.78, 5) is 4.33. The molecule has 0 aliphatic heterocycles. The fourth-order valence-electron chi connectivity index (χ4n) is 2.34. The van der Waals surface area contributed by atoms with Gasteiger partial charge < -0.3 is 4.52 Å². The van der Waals surface area contributed by atoms with Gasteiger partial charge in [0.05, 0.1) is 10.5 Å². The zero-order valence-electron chi connectivity index (χ0n) is 13.4. The number of hydrogen-bond donors (Lipinski definition) is 1. The van der Waals surface area contributed by atoms with Crippen LogP contribution in [0.1, 0.15) is 11.5 Å². The van der Waals surface area contributed by atoms with E-state index in [1.165, 1.54) is 6.07 Å². The van der Waals surface area contributed by atoms with Gasteiger partial charge in [-0.2, -0.15) is 4.98 Å². The van der Waals surface area contributed by atoms with Crippen LogP contribution in [0.4, 0.5) is 4.39 Å². The number of hydrogen-bond acceptors (Lipinski definition) is 5. The topological polar surface area (TPSA) is 85.1 Å². The van der Waals surface area contributed by atoms with Gasteiger partial charge in [-0.25, -0.2) is 17.5 Å². The molecule has 3 rings (SSSR count). The largest absolute Gasteiger partial charge is 0.339 e. The predicted molar refractivity (Wildman–Crippen MR) is 89.8 cm³/mol. The molecule has 0 radical (unpaired) electrons.